The highest BCUT2D eigenvalue weighted by Crippen LogP contribution is 2.64. The van der Waals surface area contributed by atoms with E-state index in [-0.39, 0.29) is 11.9 Å². The van der Waals surface area contributed by atoms with E-state index in [1.165, 1.54) is 30.8 Å². The minimum atomic E-state index is -4.84. The van der Waals surface area contributed by atoms with Crippen molar-refractivity contribution in [2.45, 2.75) is 63.6 Å². The van der Waals surface area contributed by atoms with Crippen LogP contribution in [0.5, 0.6) is 5.75 Å². The lowest BCUT2D eigenvalue weighted by Gasteiger charge is -2.43. The molecule has 1 saturated heterocycles. The number of alkyl halides is 3. The molecule has 2 aromatic rings. The quantitative estimate of drug-likeness (QED) is 0.660. The molecule has 5 atom stereocenters. The van der Waals surface area contributed by atoms with Gasteiger partial charge >= 0.3 is 6.36 Å². The Morgan fingerprint density at radius 3 is 2.52 bits per heavy atom. The zero-order valence-corrected chi connectivity index (χ0v) is 19.0. The van der Waals surface area contributed by atoms with E-state index in [0.717, 1.165) is 19.5 Å². The van der Waals surface area contributed by atoms with Crippen LogP contribution in [0.15, 0.2) is 18.3 Å². The average molecular weight is 466 g/mol. The molecule has 33 heavy (non-hydrogen) atoms. The minimum Gasteiger partial charge on any atom is -0.402 e. The zero-order valence-electron chi connectivity index (χ0n) is 19.0. The summed E-state index contributed by atoms with van der Waals surface area (Å²) in [5, 5.41) is 4.78. The van der Waals surface area contributed by atoms with Gasteiger partial charge in [-0.15, -0.1) is 13.2 Å². The maximum atomic E-state index is 12.7. The number of methoxy groups -OCH3 is 1. The Balaban J connectivity index is 1.36. The number of nitrogen functional groups attached to an aromatic ring is 1. The number of hydrogen-bond donors (Lipinski definition) is 1. The second-order valence-corrected chi connectivity index (χ2v) is 9.60. The molecule has 0 aromatic carbocycles. The summed E-state index contributed by atoms with van der Waals surface area (Å²) in [5.41, 5.74) is 7.82. The van der Waals surface area contributed by atoms with Gasteiger partial charge in [0.25, 0.3) is 0 Å². The van der Waals surface area contributed by atoms with Crippen LogP contribution in [0, 0.1) is 11.8 Å². The number of nitrogens with two attached hydrogens (primary N) is 1. The predicted molar refractivity (Wildman–Crippen MR) is 117 cm³/mol. The molecular formula is C23H30F3N5O2. The average Bonchev–Trinajstić information content (AvgIpc) is 3.06. The molecule has 3 aliphatic rings. The number of fused-ring (bicyclic) bond motifs is 1. The van der Waals surface area contributed by atoms with Gasteiger partial charge in [-0.2, -0.15) is 5.10 Å². The fourth-order valence-corrected chi connectivity index (χ4v) is 5.59. The summed E-state index contributed by atoms with van der Waals surface area (Å²) in [5.74, 6) is 0.913. The van der Waals surface area contributed by atoms with Gasteiger partial charge in [-0.1, -0.05) is 6.92 Å². The van der Waals surface area contributed by atoms with Crippen LogP contribution >= 0.6 is 0 Å². The Morgan fingerprint density at radius 1 is 1.21 bits per heavy atom. The van der Waals surface area contributed by atoms with Crippen LogP contribution in [0.4, 0.5) is 19.0 Å². The Bertz CT molecular complexity index is 1010. The first kappa shape index (κ1) is 22.5. The van der Waals surface area contributed by atoms with E-state index in [1.807, 2.05) is 6.07 Å². The van der Waals surface area contributed by atoms with Crippen molar-refractivity contribution in [3.05, 3.63) is 24.0 Å². The lowest BCUT2D eigenvalue weighted by molar-refractivity contribution is -0.274. The van der Waals surface area contributed by atoms with Gasteiger partial charge in [-0.25, -0.2) is 4.98 Å². The molecule has 0 radical (unpaired) electrons. The van der Waals surface area contributed by atoms with Crippen molar-refractivity contribution in [3.63, 3.8) is 0 Å². The molecule has 2 saturated carbocycles. The number of anilines is 1. The maximum Gasteiger partial charge on any atom is 0.573 e. The minimum absolute atomic E-state index is 0.191. The predicted octanol–water partition coefficient (Wildman–Crippen LogP) is 4.22. The molecule has 2 aliphatic carbocycles. The molecule has 5 rings (SSSR count). The second kappa shape index (κ2) is 8.16. The van der Waals surface area contributed by atoms with E-state index in [9.17, 15) is 13.2 Å². The number of pyridine rings is 1. The number of hydrogen-bond acceptors (Lipinski definition) is 6. The topological polar surface area (TPSA) is 78.4 Å². The van der Waals surface area contributed by atoms with Crippen molar-refractivity contribution < 1.29 is 22.6 Å². The molecule has 2 N–H and O–H groups in total. The molecule has 3 unspecified atom stereocenters. The fourth-order valence-electron chi connectivity index (χ4n) is 5.59. The standard InChI is InChI=1S/C23H30F3N5O2/c1-4-12(2)31-19(21-16-6-14(7-17(16)21)30-10-15(11-30)32-3)8-18(29-31)13-5-20(22(27)28-9-13)33-23(24,25)26/h5,8-9,12,14-17,21H,4,6-7,10-11H2,1-3H3,(H2,27,28)/t12?,14?,16-,17+,21?. The molecule has 7 nitrogen and oxygen atoms in total. The second-order valence-electron chi connectivity index (χ2n) is 9.60. The van der Waals surface area contributed by atoms with Gasteiger partial charge in [-0.3, -0.25) is 9.58 Å². The van der Waals surface area contributed by atoms with Gasteiger partial charge in [0, 0.05) is 55.7 Å². The van der Waals surface area contributed by atoms with Gasteiger partial charge in [0.2, 0.25) is 0 Å². The zero-order chi connectivity index (χ0) is 23.5. The molecule has 10 heteroatoms. The molecule has 3 heterocycles. The Kier molecular flexibility index (Phi) is 5.55. The van der Waals surface area contributed by atoms with Crippen molar-refractivity contribution in [1.29, 1.82) is 0 Å². The molecule has 2 aromatic heterocycles. The van der Waals surface area contributed by atoms with E-state index in [1.54, 1.807) is 7.11 Å². The number of likely N-dealkylation sites (tertiary alicyclic amines) is 1. The normalized spacial score (nSPS) is 28.4. The number of ether oxygens (including phenoxy) is 2. The summed E-state index contributed by atoms with van der Waals surface area (Å²) >= 11 is 0. The van der Waals surface area contributed by atoms with Crippen LogP contribution in [0.3, 0.4) is 0 Å². The van der Waals surface area contributed by atoms with Gasteiger partial charge in [0.05, 0.1) is 11.8 Å². The van der Waals surface area contributed by atoms with E-state index in [4.69, 9.17) is 15.6 Å². The van der Waals surface area contributed by atoms with E-state index < -0.39 is 12.1 Å². The molecule has 180 valence electrons. The molecule has 1 aliphatic heterocycles. The van der Waals surface area contributed by atoms with Crippen molar-refractivity contribution in [2.24, 2.45) is 11.8 Å². The van der Waals surface area contributed by atoms with E-state index in [0.29, 0.717) is 41.2 Å². The Morgan fingerprint density at radius 2 is 1.91 bits per heavy atom. The molecule has 0 amide bonds. The van der Waals surface area contributed by atoms with Crippen LogP contribution in [0.2, 0.25) is 0 Å². The largest absolute Gasteiger partial charge is 0.573 e. The van der Waals surface area contributed by atoms with Gasteiger partial charge in [0.15, 0.2) is 11.6 Å². The smallest absolute Gasteiger partial charge is 0.402 e. The molecular weight excluding hydrogens is 435 g/mol. The van der Waals surface area contributed by atoms with Crippen LogP contribution < -0.4 is 10.5 Å². The van der Waals surface area contributed by atoms with Gasteiger partial charge < -0.3 is 15.2 Å². The summed E-state index contributed by atoms with van der Waals surface area (Å²) in [4.78, 5) is 6.43. The fraction of sp³-hybridized carbons (Fsp3) is 0.652. The third-order valence-corrected chi connectivity index (χ3v) is 7.66. The monoisotopic (exact) mass is 465 g/mol. The Labute approximate surface area is 191 Å². The molecule has 0 spiro atoms. The highest BCUT2D eigenvalue weighted by atomic mass is 19.4. The summed E-state index contributed by atoms with van der Waals surface area (Å²) in [6.45, 7) is 6.26. The molecule has 0 bridgehead atoms. The van der Waals surface area contributed by atoms with Gasteiger partial charge in [-0.05, 0) is 50.2 Å². The van der Waals surface area contributed by atoms with Crippen LogP contribution in [-0.2, 0) is 4.74 Å². The van der Waals surface area contributed by atoms with Crippen molar-refractivity contribution in [3.8, 4) is 17.0 Å². The van der Waals surface area contributed by atoms with E-state index >= 15 is 0 Å². The number of nitrogens with zero attached hydrogens (tertiary/aromatic N) is 4. The highest BCUT2D eigenvalue weighted by Gasteiger charge is 2.59. The third-order valence-electron chi connectivity index (χ3n) is 7.66. The Hall–Kier alpha value is -2.33. The number of halogens is 3. The van der Waals surface area contributed by atoms with Gasteiger partial charge in [0.1, 0.15) is 0 Å². The van der Waals surface area contributed by atoms with Crippen molar-refractivity contribution >= 4 is 5.82 Å². The van der Waals surface area contributed by atoms with Crippen LogP contribution in [0.1, 0.15) is 50.8 Å². The maximum absolute atomic E-state index is 12.7. The number of aromatic nitrogens is 3. The highest BCUT2D eigenvalue weighted by molar-refractivity contribution is 5.64. The number of rotatable bonds is 7. The van der Waals surface area contributed by atoms with Crippen molar-refractivity contribution in [2.75, 3.05) is 25.9 Å². The van der Waals surface area contributed by atoms with E-state index in [2.05, 4.69) is 33.2 Å². The van der Waals surface area contributed by atoms with Crippen LogP contribution in [0.25, 0.3) is 11.3 Å². The lowest BCUT2D eigenvalue weighted by Crippen LogP contribution is -2.55. The van der Waals surface area contributed by atoms with Crippen LogP contribution in [-0.4, -0.2) is 58.4 Å². The summed E-state index contributed by atoms with van der Waals surface area (Å²) < 4.78 is 49.7. The SMILES string of the molecule is CCC(C)n1nc(-c2cnc(N)c(OC(F)(F)F)c2)cc1C1[C@H]2CC(N3CC(OC)C3)C[C@@H]12. The third kappa shape index (κ3) is 4.19. The molecule has 3 fully saturated rings. The lowest BCUT2D eigenvalue weighted by atomic mass is 9.99. The summed E-state index contributed by atoms with van der Waals surface area (Å²) in [7, 11) is 1.77. The first-order valence-electron chi connectivity index (χ1n) is 11.6. The summed E-state index contributed by atoms with van der Waals surface area (Å²) in [6, 6.07) is 4.10. The summed E-state index contributed by atoms with van der Waals surface area (Å²) in [6.07, 6.45) is 0.252. The first-order chi connectivity index (χ1) is 15.7. The first-order valence-corrected chi connectivity index (χ1v) is 11.6. The van der Waals surface area contributed by atoms with Crippen molar-refractivity contribution in [1.82, 2.24) is 19.7 Å².